The molecule has 0 spiro atoms. The summed E-state index contributed by atoms with van der Waals surface area (Å²) in [5, 5.41) is 12.7. The number of nitrogens with zero attached hydrogens (tertiary/aromatic N) is 5. The van der Waals surface area contributed by atoms with Gasteiger partial charge in [0.05, 0.1) is 5.69 Å². The second-order valence-electron chi connectivity index (χ2n) is 6.32. The van der Waals surface area contributed by atoms with Gasteiger partial charge in [-0.05, 0) is 54.7 Å². The first kappa shape index (κ1) is 18.3. The van der Waals surface area contributed by atoms with E-state index in [1.54, 1.807) is 35.5 Å². The predicted molar refractivity (Wildman–Crippen MR) is 103 cm³/mol. The van der Waals surface area contributed by atoms with Crippen LogP contribution in [0.5, 0.6) is 0 Å². The molecule has 1 aromatic heterocycles. The van der Waals surface area contributed by atoms with E-state index in [1.807, 2.05) is 12.1 Å². The number of hydrogen-bond donors (Lipinski definition) is 0. The van der Waals surface area contributed by atoms with Gasteiger partial charge in [0, 0.05) is 17.9 Å². The molecule has 134 valence electrons. The smallest absolute Gasteiger partial charge is 0.214 e. The fraction of sp³-hybridized carbons (Fsp3) is 0.263. The van der Waals surface area contributed by atoms with Crippen LogP contribution in [0.3, 0.4) is 0 Å². The average Bonchev–Trinajstić information content (AvgIpc) is 3.09. The Balaban J connectivity index is 1.71. The molecule has 0 fully saturated rings. The van der Waals surface area contributed by atoms with Crippen LogP contribution in [-0.2, 0) is 12.3 Å². The molecule has 0 N–H and O–H groups in total. The van der Waals surface area contributed by atoms with Crippen molar-refractivity contribution in [2.24, 2.45) is 0 Å². The van der Waals surface area contributed by atoms with E-state index in [0.29, 0.717) is 10.7 Å². The van der Waals surface area contributed by atoms with Crippen LogP contribution in [-0.4, -0.2) is 45.0 Å². The summed E-state index contributed by atoms with van der Waals surface area (Å²) < 4.78 is 1.66. The van der Waals surface area contributed by atoms with E-state index in [0.717, 1.165) is 18.0 Å². The Bertz CT molecular complexity index is 889. The van der Waals surface area contributed by atoms with E-state index in [2.05, 4.69) is 58.8 Å². The van der Waals surface area contributed by atoms with Crippen molar-refractivity contribution >= 4 is 17.5 Å². The summed E-state index contributed by atoms with van der Waals surface area (Å²) in [6.07, 6.45) is 0. The van der Waals surface area contributed by atoms with Crippen LogP contribution >= 0.6 is 11.8 Å². The van der Waals surface area contributed by atoms with Crippen molar-refractivity contribution in [2.75, 3.05) is 14.1 Å². The van der Waals surface area contributed by atoms with Crippen LogP contribution in [0.25, 0.3) is 5.69 Å². The minimum absolute atomic E-state index is 0.0203. The van der Waals surface area contributed by atoms with Gasteiger partial charge in [-0.15, -0.1) is 5.10 Å². The van der Waals surface area contributed by atoms with E-state index in [1.165, 1.54) is 11.1 Å². The summed E-state index contributed by atoms with van der Waals surface area (Å²) in [5.74, 6) is 0.793. The van der Waals surface area contributed by atoms with Gasteiger partial charge in [0.2, 0.25) is 5.16 Å². The highest BCUT2D eigenvalue weighted by Crippen LogP contribution is 2.23. The molecule has 26 heavy (non-hydrogen) atoms. The summed E-state index contributed by atoms with van der Waals surface area (Å²) >= 11 is 1.57. The zero-order valence-corrected chi connectivity index (χ0v) is 15.9. The summed E-state index contributed by atoms with van der Waals surface area (Å²) in [6.45, 7) is 2.48. The molecule has 0 atom stereocenters. The summed E-state index contributed by atoms with van der Waals surface area (Å²) in [4.78, 5) is 13.7. The summed E-state index contributed by atoms with van der Waals surface area (Å²) in [6, 6.07) is 15.9. The van der Waals surface area contributed by atoms with Crippen molar-refractivity contribution in [1.82, 2.24) is 25.1 Å². The molecule has 0 saturated heterocycles. The van der Waals surface area contributed by atoms with Crippen molar-refractivity contribution < 1.29 is 4.79 Å². The van der Waals surface area contributed by atoms with Gasteiger partial charge in [0.15, 0.2) is 5.78 Å². The third kappa shape index (κ3) is 4.56. The molecule has 0 bridgehead atoms. The Hall–Kier alpha value is -2.51. The lowest BCUT2D eigenvalue weighted by Gasteiger charge is -2.10. The number of hydrogen-bond acceptors (Lipinski definition) is 6. The third-order valence-corrected chi connectivity index (χ3v) is 4.82. The highest BCUT2D eigenvalue weighted by Gasteiger charge is 2.11. The van der Waals surface area contributed by atoms with Crippen molar-refractivity contribution in [3.8, 4) is 5.69 Å². The molecule has 0 unspecified atom stereocenters. The van der Waals surface area contributed by atoms with Crippen LogP contribution in [0.1, 0.15) is 28.4 Å². The quantitative estimate of drug-likeness (QED) is 0.472. The van der Waals surface area contributed by atoms with Crippen LogP contribution in [0.15, 0.2) is 53.7 Å². The number of rotatable bonds is 7. The number of ketones is 1. The van der Waals surface area contributed by atoms with E-state index in [-0.39, 0.29) is 5.78 Å². The van der Waals surface area contributed by atoms with E-state index in [9.17, 15) is 4.79 Å². The van der Waals surface area contributed by atoms with E-state index >= 15 is 0 Å². The molecule has 7 heteroatoms. The van der Waals surface area contributed by atoms with Crippen molar-refractivity contribution in [2.45, 2.75) is 24.4 Å². The van der Waals surface area contributed by atoms with Gasteiger partial charge >= 0.3 is 0 Å². The highest BCUT2D eigenvalue weighted by atomic mass is 32.2. The summed E-state index contributed by atoms with van der Waals surface area (Å²) in [7, 11) is 4.12. The Morgan fingerprint density at radius 1 is 1.12 bits per heavy atom. The first-order valence-corrected chi connectivity index (χ1v) is 9.26. The topological polar surface area (TPSA) is 63.9 Å². The second-order valence-corrected chi connectivity index (χ2v) is 7.27. The average molecular weight is 367 g/mol. The number of carbonyl (C=O) groups excluding carboxylic acids is 1. The lowest BCUT2D eigenvalue weighted by Crippen LogP contribution is -2.10. The van der Waals surface area contributed by atoms with E-state index < -0.39 is 0 Å². The maximum absolute atomic E-state index is 11.6. The van der Waals surface area contributed by atoms with Crippen molar-refractivity contribution in [3.63, 3.8) is 0 Å². The molecular weight excluding hydrogens is 346 g/mol. The third-order valence-electron chi connectivity index (χ3n) is 3.83. The first-order valence-electron chi connectivity index (χ1n) is 8.28. The Morgan fingerprint density at radius 2 is 1.85 bits per heavy atom. The van der Waals surface area contributed by atoms with Gasteiger partial charge in [-0.2, -0.15) is 4.68 Å². The SMILES string of the molecule is CC(=O)c1cccc(-n2nnnc2SCc2ccc(CN(C)C)cc2)c1. The number of benzene rings is 2. The predicted octanol–water partition coefficient (Wildman–Crippen LogP) is 3.22. The molecule has 0 radical (unpaired) electrons. The fourth-order valence-electron chi connectivity index (χ4n) is 2.54. The molecule has 0 amide bonds. The lowest BCUT2D eigenvalue weighted by atomic mass is 10.1. The number of carbonyl (C=O) groups is 1. The zero-order chi connectivity index (χ0) is 18.5. The molecule has 6 nitrogen and oxygen atoms in total. The molecule has 0 aliphatic heterocycles. The zero-order valence-electron chi connectivity index (χ0n) is 15.1. The molecule has 1 heterocycles. The molecule has 0 aliphatic carbocycles. The van der Waals surface area contributed by atoms with Crippen LogP contribution in [0.4, 0.5) is 0 Å². The molecule has 0 saturated carbocycles. The molecule has 3 aromatic rings. The molecule has 2 aromatic carbocycles. The molecule has 3 rings (SSSR count). The van der Waals surface area contributed by atoms with Gasteiger partial charge in [0.25, 0.3) is 0 Å². The maximum Gasteiger partial charge on any atom is 0.214 e. The van der Waals surface area contributed by atoms with Gasteiger partial charge < -0.3 is 4.90 Å². The van der Waals surface area contributed by atoms with Gasteiger partial charge in [-0.25, -0.2) is 0 Å². The number of thioether (sulfide) groups is 1. The minimum Gasteiger partial charge on any atom is -0.305 e. The van der Waals surface area contributed by atoms with Crippen LogP contribution < -0.4 is 0 Å². The standard InChI is InChI=1S/C19H21N5OS/c1-14(25)17-5-4-6-18(11-17)24-19(20-21-22-24)26-13-16-9-7-15(8-10-16)12-23(2)3/h4-11H,12-13H2,1-3H3. The maximum atomic E-state index is 11.6. The fourth-order valence-corrected chi connectivity index (χ4v) is 3.39. The lowest BCUT2D eigenvalue weighted by molar-refractivity contribution is 0.101. The van der Waals surface area contributed by atoms with Crippen molar-refractivity contribution in [3.05, 3.63) is 65.2 Å². The number of Topliss-reactive ketones (excluding diaryl/α,β-unsaturated/α-hetero) is 1. The number of aromatic nitrogens is 4. The van der Waals surface area contributed by atoms with Gasteiger partial charge in [-0.3, -0.25) is 4.79 Å². The van der Waals surface area contributed by atoms with Crippen LogP contribution in [0.2, 0.25) is 0 Å². The van der Waals surface area contributed by atoms with Gasteiger partial charge in [-0.1, -0.05) is 48.2 Å². The van der Waals surface area contributed by atoms with Gasteiger partial charge in [0.1, 0.15) is 0 Å². The Morgan fingerprint density at radius 3 is 2.54 bits per heavy atom. The molecular formula is C19H21N5OS. The minimum atomic E-state index is 0.0203. The normalized spacial score (nSPS) is 11.1. The monoisotopic (exact) mass is 367 g/mol. The second kappa shape index (κ2) is 8.25. The highest BCUT2D eigenvalue weighted by molar-refractivity contribution is 7.98. The molecule has 0 aliphatic rings. The Labute approximate surface area is 157 Å². The first-order chi connectivity index (χ1) is 12.5. The Kier molecular flexibility index (Phi) is 5.80. The van der Waals surface area contributed by atoms with E-state index in [4.69, 9.17) is 0 Å². The largest absolute Gasteiger partial charge is 0.305 e. The number of tetrazole rings is 1. The van der Waals surface area contributed by atoms with Crippen LogP contribution in [0, 0.1) is 0 Å². The summed E-state index contributed by atoms with van der Waals surface area (Å²) in [5.41, 5.74) is 3.93. The van der Waals surface area contributed by atoms with Crippen molar-refractivity contribution in [1.29, 1.82) is 0 Å².